The number of anilines is 1. The van der Waals surface area contributed by atoms with Crippen LogP contribution >= 0.6 is 0 Å². The summed E-state index contributed by atoms with van der Waals surface area (Å²) in [6.45, 7) is 3.21. The van der Waals surface area contributed by atoms with Gasteiger partial charge in [0.15, 0.2) is 11.5 Å². The van der Waals surface area contributed by atoms with E-state index in [4.69, 9.17) is 9.47 Å². The lowest BCUT2D eigenvalue weighted by molar-refractivity contribution is 0.174. The molecule has 0 atom stereocenters. The first kappa shape index (κ1) is 17.9. The molecule has 0 saturated heterocycles. The van der Waals surface area contributed by atoms with E-state index in [0.717, 1.165) is 33.9 Å². The van der Waals surface area contributed by atoms with Gasteiger partial charge in [-0.25, -0.2) is 4.79 Å². The Labute approximate surface area is 164 Å². The van der Waals surface area contributed by atoms with E-state index < -0.39 is 0 Å². The molecule has 2 amide bonds. The fourth-order valence-electron chi connectivity index (χ4n) is 3.19. The summed E-state index contributed by atoms with van der Waals surface area (Å²) in [5.74, 6) is 1.46. The summed E-state index contributed by atoms with van der Waals surface area (Å²) >= 11 is 0. The number of nitrogens with zero attached hydrogens (tertiary/aromatic N) is 1. The predicted molar refractivity (Wildman–Crippen MR) is 108 cm³/mol. The topological polar surface area (TPSA) is 50.8 Å². The third-order valence-electron chi connectivity index (χ3n) is 4.58. The first-order valence-electron chi connectivity index (χ1n) is 9.22. The van der Waals surface area contributed by atoms with E-state index in [1.807, 2.05) is 79.7 Å². The van der Waals surface area contributed by atoms with Gasteiger partial charge in [0.1, 0.15) is 0 Å². The molecule has 0 unspecified atom stereocenters. The molecule has 5 nitrogen and oxygen atoms in total. The monoisotopic (exact) mass is 374 g/mol. The van der Waals surface area contributed by atoms with Crippen molar-refractivity contribution in [2.24, 2.45) is 0 Å². The number of carbonyl (C=O) groups is 1. The second-order valence-corrected chi connectivity index (χ2v) is 6.83. The summed E-state index contributed by atoms with van der Waals surface area (Å²) in [4.78, 5) is 14.8. The molecule has 1 aliphatic heterocycles. The van der Waals surface area contributed by atoms with Crippen LogP contribution in [0.4, 0.5) is 10.5 Å². The molecule has 0 bridgehead atoms. The van der Waals surface area contributed by atoms with Gasteiger partial charge in [0.2, 0.25) is 6.79 Å². The van der Waals surface area contributed by atoms with Crippen molar-refractivity contribution in [2.45, 2.75) is 20.0 Å². The lowest BCUT2D eigenvalue weighted by Crippen LogP contribution is -2.34. The number of urea groups is 1. The van der Waals surface area contributed by atoms with Gasteiger partial charge in [-0.2, -0.15) is 0 Å². The van der Waals surface area contributed by atoms with Crippen LogP contribution in [0.15, 0.2) is 72.8 Å². The van der Waals surface area contributed by atoms with E-state index in [2.05, 4.69) is 5.32 Å². The van der Waals surface area contributed by atoms with E-state index in [1.54, 1.807) is 4.90 Å². The third kappa shape index (κ3) is 4.26. The lowest BCUT2D eigenvalue weighted by Gasteiger charge is -2.24. The Bertz CT molecular complexity index is 973. The highest BCUT2D eigenvalue weighted by atomic mass is 16.7. The standard InChI is InChI=1S/C23H22N2O3/c1-17-6-5-9-20(12-17)24-23(26)25(14-18-7-3-2-4-8-18)15-19-10-11-21-22(13-19)28-16-27-21/h2-13H,14-16H2,1H3,(H,24,26). The highest BCUT2D eigenvalue weighted by Crippen LogP contribution is 2.33. The Balaban J connectivity index is 1.55. The molecule has 142 valence electrons. The Morgan fingerprint density at radius 2 is 1.68 bits per heavy atom. The number of aryl methyl sites for hydroxylation is 1. The number of fused-ring (bicyclic) bond motifs is 1. The minimum atomic E-state index is -0.146. The summed E-state index contributed by atoms with van der Waals surface area (Å²) in [6, 6.07) is 23.4. The average molecular weight is 374 g/mol. The highest BCUT2D eigenvalue weighted by Gasteiger charge is 2.18. The maximum absolute atomic E-state index is 13.0. The van der Waals surface area contributed by atoms with Crippen LogP contribution in [-0.2, 0) is 13.1 Å². The maximum Gasteiger partial charge on any atom is 0.322 e. The SMILES string of the molecule is Cc1cccc(NC(=O)N(Cc2ccccc2)Cc2ccc3c(c2)OCO3)c1. The molecule has 3 aromatic rings. The molecule has 0 aliphatic carbocycles. The summed E-state index contributed by atoms with van der Waals surface area (Å²) < 4.78 is 10.8. The van der Waals surface area contributed by atoms with Crippen LogP contribution in [0.5, 0.6) is 11.5 Å². The van der Waals surface area contributed by atoms with E-state index in [1.165, 1.54) is 0 Å². The Morgan fingerprint density at radius 1 is 0.893 bits per heavy atom. The first-order chi connectivity index (χ1) is 13.7. The summed E-state index contributed by atoms with van der Waals surface area (Å²) in [5, 5.41) is 3.01. The van der Waals surface area contributed by atoms with Gasteiger partial charge in [-0.15, -0.1) is 0 Å². The smallest absolute Gasteiger partial charge is 0.322 e. The van der Waals surface area contributed by atoms with Gasteiger partial charge in [0, 0.05) is 18.8 Å². The van der Waals surface area contributed by atoms with Crippen LogP contribution < -0.4 is 14.8 Å². The largest absolute Gasteiger partial charge is 0.454 e. The molecule has 0 radical (unpaired) electrons. The molecule has 1 N–H and O–H groups in total. The van der Waals surface area contributed by atoms with Crippen molar-refractivity contribution >= 4 is 11.7 Å². The van der Waals surface area contributed by atoms with Crippen molar-refractivity contribution in [3.8, 4) is 11.5 Å². The molecule has 5 heteroatoms. The first-order valence-corrected chi connectivity index (χ1v) is 9.22. The number of rotatable bonds is 5. The maximum atomic E-state index is 13.0. The molecule has 28 heavy (non-hydrogen) atoms. The normalized spacial score (nSPS) is 11.9. The van der Waals surface area contributed by atoms with Crippen LogP contribution in [0.2, 0.25) is 0 Å². The van der Waals surface area contributed by atoms with Crippen molar-refractivity contribution < 1.29 is 14.3 Å². The molecule has 1 heterocycles. The Morgan fingerprint density at radius 3 is 2.50 bits per heavy atom. The lowest BCUT2D eigenvalue weighted by atomic mass is 10.1. The Kier molecular flexibility index (Phi) is 5.15. The van der Waals surface area contributed by atoms with E-state index in [9.17, 15) is 4.79 Å². The molecule has 0 aromatic heterocycles. The number of hydrogen-bond donors (Lipinski definition) is 1. The predicted octanol–water partition coefficient (Wildman–Crippen LogP) is 4.96. The van der Waals surface area contributed by atoms with Crippen LogP contribution in [0.1, 0.15) is 16.7 Å². The molecule has 0 fully saturated rings. The highest BCUT2D eigenvalue weighted by molar-refractivity contribution is 5.89. The molecule has 3 aromatic carbocycles. The number of nitrogens with one attached hydrogen (secondary N) is 1. The quantitative estimate of drug-likeness (QED) is 0.687. The van der Waals surface area contributed by atoms with Crippen LogP contribution in [-0.4, -0.2) is 17.7 Å². The van der Waals surface area contributed by atoms with Crippen LogP contribution in [0, 0.1) is 6.92 Å². The molecule has 0 spiro atoms. The second kappa shape index (κ2) is 8.05. The Hall–Kier alpha value is -3.47. The molecular formula is C23H22N2O3. The molecule has 1 aliphatic rings. The zero-order chi connectivity index (χ0) is 19.3. The van der Waals surface area contributed by atoms with Crippen LogP contribution in [0.3, 0.4) is 0 Å². The van der Waals surface area contributed by atoms with Crippen molar-refractivity contribution in [2.75, 3.05) is 12.1 Å². The summed E-state index contributed by atoms with van der Waals surface area (Å²) in [7, 11) is 0. The number of hydrogen-bond acceptors (Lipinski definition) is 3. The van der Waals surface area contributed by atoms with Crippen molar-refractivity contribution in [3.05, 3.63) is 89.5 Å². The average Bonchev–Trinajstić information content (AvgIpc) is 3.16. The fourth-order valence-corrected chi connectivity index (χ4v) is 3.19. The molecular weight excluding hydrogens is 352 g/mol. The van der Waals surface area contributed by atoms with Crippen LogP contribution in [0.25, 0.3) is 0 Å². The summed E-state index contributed by atoms with van der Waals surface area (Å²) in [6.07, 6.45) is 0. The third-order valence-corrected chi connectivity index (χ3v) is 4.58. The van der Waals surface area contributed by atoms with Gasteiger partial charge in [0.25, 0.3) is 0 Å². The van der Waals surface area contributed by atoms with Crippen molar-refractivity contribution in [3.63, 3.8) is 0 Å². The van der Waals surface area contributed by atoms with Gasteiger partial charge >= 0.3 is 6.03 Å². The molecule has 4 rings (SSSR count). The number of amides is 2. The van der Waals surface area contributed by atoms with Gasteiger partial charge in [-0.05, 0) is 47.9 Å². The van der Waals surface area contributed by atoms with E-state index in [0.29, 0.717) is 13.1 Å². The second-order valence-electron chi connectivity index (χ2n) is 6.83. The van der Waals surface area contributed by atoms with E-state index in [-0.39, 0.29) is 12.8 Å². The minimum absolute atomic E-state index is 0.146. The summed E-state index contributed by atoms with van der Waals surface area (Å²) in [5.41, 5.74) is 3.94. The van der Waals surface area contributed by atoms with Crippen molar-refractivity contribution in [1.82, 2.24) is 4.90 Å². The van der Waals surface area contributed by atoms with Gasteiger partial charge in [-0.1, -0.05) is 48.5 Å². The molecule has 0 saturated carbocycles. The van der Waals surface area contributed by atoms with Gasteiger partial charge in [0.05, 0.1) is 0 Å². The van der Waals surface area contributed by atoms with E-state index >= 15 is 0 Å². The zero-order valence-corrected chi connectivity index (χ0v) is 15.7. The zero-order valence-electron chi connectivity index (χ0n) is 15.7. The van der Waals surface area contributed by atoms with Gasteiger partial charge < -0.3 is 19.7 Å². The number of benzene rings is 3. The fraction of sp³-hybridized carbons (Fsp3) is 0.174. The van der Waals surface area contributed by atoms with Gasteiger partial charge in [-0.3, -0.25) is 0 Å². The van der Waals surface area contributed by atoms with Crippen molar-refractivity contribution in [1.29, 1.82) is 0 Å². The number of carbonyl (C=O) groups excluding carboxylic acids is 1. The minimum Gasteiger partial charge on any atom is -0.454 e. The number of ether oxygens (including phenoxy) is 2.